The number of imidazole rings is 1. The van der Waals surface area contributed by atoms with E-state index >= 15 is 0 Å². The summed E-state index contributed by atoms with van der Waals surface area (Å²) in [6.07, 6.45) is -1.34. The van der Waals surface area contributed by atoms with Crippen LogP contribution in [-0.2, 0) is 27.3 Å². The number of hydrogen-bond donors (Lipinski definition) is 5. The van der Waals surface area contributed by atoms with Crippen LogP contribution >= 0.6 is 0 Å². The molecule has 1 aromatic carbocycles. The molecule has 0 saturated heterocycles. The molecule has 10 nitrogen and oxygen atoms in total. The molecular formula is C25H34F6N4O6. The molecule has 0 unspecified atom stereocenters. The lowest BCUT2D eigenvalue weighted by Crippen LogP contribution is -2.27. The van der Waals surface area contributed by atoms with E-state index < -0.39 is 30.2 Å². The van der Waals surface area contributed by atoms with Gasteiger partial charge >= 0.3 is 24.3 Å². The number of amides is 1. The third kappa shape index (κ3) is 15.6. The highest BCUT2D eigenvalue weighted by molar-refractivity contribution is 5.91. The Bertz CT molecular complexity index is 1120. The van der Waals surface area contributed by atoms with Crippen LogP contribution in [0.5, 0.6) is 0 Å². The molecule has 0 fully saturated rings. The summed E-state index contributed by atoms with van der Waals surface area (Å²) in [5.74, 6) is -4.93. The SMILES string of the molecule is CCCCCCc1nc2cc(/C=C/C(=O)NO)ccc2n1CCNC(C)C.O=C(O)C(F)(F)F.O=C(O)C(F)(F)F. The molecule has 0 spiro atoms. The van der Waals surface area contributed by atoms with Crippen LogP contribution in [0.4, 0.5) is 26.3 Å². The smallest absolute Gasteiger partial charge is 0.475 e. The predicted molar refractivity (Wildman–Crippen MR) is 137 cm³/mol. The maximum Gasteiger partial charge on any atom is 0.490 e. The van der Waals surface area contributed by atoms with Crippen molar-refractivity contribution in [2.45, 2.75) is 77.8 Å². The van der Waals surface area contributed by atoms with E-state index in [1.807, 2.05) is 12.1 Å². The van der Waals surface area contributed by atoms with Gasteiger partial charge in [-0.3, -0.25) is 10.0 Å². The van der Waals surface area contributed by atoms with Gasteiger partial charge in [0.25, 0.3) is 5.91 Å². The van der Waals surface area contributed by atoms with Gasteiger partial charge in [-0.25, -0.2) is 20.1 Å². The summed E-state index contributed by atoms with van der Waals surface area (Å²) in [7, 11) is 0. The fraction of sp³-hybridized carbons (Fsp3) is 0.520. The normalized spacial score (nSPS) is 11.6. The van der Waals surface area contributed by atoms with Gasteiger partial charge in [0.05, 0.1) is 11.0 Å². The lowest BCUT2D eigenvalue weighted by molar-refractivity contribution is -0.193. The zero-order valence-electron chi connectivity index (χ0n) is 22.6. The van der Waals surface area contributed by atoms with Gasteiger partial charge in [-0.15, -0.1) is 0 Å². The van der Waals surface area contributed by atoms with E-state index in [0.717, 1.165) is 48.4 Å². The summed E-state index contributed by atoms with van der Waals surface area (Å²) in [6.45, 7) is 8.32. The van der Waals surface area contributed by atoms with Crippen molar-refractivity contribution in [1.82, 2.24) is 20.3 Å². The van der Waals surface area contributed by atoms with Crippen LogP contribution in [0.2, 0.25) is 0 Å². The number of aliphatic carboxylic acids is 2. The molecule has 0 radical (unpaired) electrons. The minimum Gasteiger partial charge on any atom is -0.475 e. The Kier molecular flexibility index (Phi) is 16.3. The van der Waals surface area contributed by atoms with Gasteiger partial charge in [-0.1, -0.05) is 46.1 Å². The quantitative estimate of drug-likeness (QED) is 0.0799. The number of fused-ring (bicyclic) bond motifs is 1. The maximum absolute atomic E-state index is 11.2. The standard InChI is InChI=1S/C21H32N4O2.2C2HF3O2/c1-4-5-6-7-8-20-23-18-15-17(10-12-21(26)24-27)9-11-19(18)25(20)14-13-22-16(2)3;2*3-2(4,5)1(6)7/h9-12,15-16,22,27H,4-8,13-14H2,1-3H3,(H,24,26);2*(H,6,7)/b12-10+;;. The minimum absolute atomic E-state index is 0.460. The number of alkyl halides is 6. The molecule has 41 heavy (non-hydrogen) atoms. The van der Waals surface area contributed by atoms with E-state index in [-0.39, 0.29) is 0 Å². The van der Waals surface area contributed by atoms with Crippen molar-refractivity contribution in [3.63, 3.8) is 0 Å². The van der Waals surface area contributed by atoms with E-state index in [4.69, 9.17) is 30.0 Å². The Hall–Kier alpha value is -3.66. The number of carboxylic acid groups (broad SMARTS) is 2. The van der Waals surface area contributed by atoms with Crippen molar-refractivity contribution in [3.05, 3.63) is 35.7 Å². The number of unbranched alkanes of at least 4 members (excludes halogenated alkanes) is 3. The largest absolute Gasteiger partial charge is 0.490 e. The van der Waals surface area contributed by atoms with E-state index in [2.05, 4.69) is 36.7 Å². The van der Waals surface area contributed by atoms with Crippen LogP contribution in [0.3, 0.4) is 0 Å². The van der Waals surface area contributed by atoms with E-state index in [9.17, 15) is 31.1 Å². The number of aromatic nitrogens is 2. The summed E-state index contributed by atoms with van der Waals surface area (Å²) in [5, 5.41) is 26.3. The Morgan fingerprint density at radius 2 is 1.56 bits per heavy atom. The number of carbonyl (C=O) groups excluding carboxylic acids is 1. The fourth-order valence-electron chi connectivity index (χ4n) is 3.12. The van der Waals surface area contributed by atoms with Gasteiger partial charge in [0, 0.05) is 31.6 Å². The zero-order valence-corrected chi connectivity index (χ0v) is 22.6. The first-order valence-electron chi connectivity index (χ1n) is 12.4. The van der Waals surface area contributed by atoms with Crippen LogP contribution in [0.25, 0.3) is 17.1 Å². The number of hydroxylamine groups is 1. The molecule has 0 aliphatic carbocycles. The summed E-state index contributed by atoms with van der Waals surface area (Å²) in [5.41, 5.74) is 4.54. The average molecular weight is 601 g/mol. The predicted octanol–water partition coefficient (Wildman–Crippen LogP) is 4.94. The second-order valence-electron chi connectivity index (χ2n) is 8.76. The lowest BCUT2D eigenvalue weighted by Gasteiger charge is -2.12. The van der Waals surface area contributed by atoms with Crippen molar-refractivity contribution in [1.29, 1.82) is 0 Å². The lowest BCUT2D eigenvalue weighted by atomic mass is 10.1. The number of benzene rings is 1. The number of carboxylic acids is 2. The van der Waals surface area contributed by atoms with Crippen molar-refractivity contribution >= 4 is 35.0 Å². The minimum atomic E-state index is -5.08. The number of nitrogens with zero attached hydrogens (tertiary/aromatic N) is 2. The Balaban J connectivity index is 0.000000941. The first-order valence-corrected chi connectivity index (χ1v) is 12.4. The molecule has 1 heterocycles. The third-order valence-corrected chi connectivity index (χ3v) is 5.02. The molecule has 1 amide bonds. The molecule has 0 aliphatic rings. The Morgan fingerprint density at radius 3 is 2.02 bits per heavy atom. The van der Waals surface area contributed by atoms with Crippen LogP contribution in [0, 0.1) is 0 Å². The summed E-state index contributed by atoms with van der Waals surface area (Å²) in [6, 6.07) is 6.47. The topological polar surface area (TPSA) is 154 Å². The number of nitrogens with one attached hydrogen (secondary N) is 2. The fourth-order valence-corrected chi connectivity index (χ4v) is 3.12. The van der Waals surface area contributed by atoms with Crippen molar-refractivity contribution in [2.24, 2.45) is 0 Å². The zero-order chi connectivity index (χ0) is 31.8. The second-order valence-corrected chi connectivity index (χ2v) is 8.76. The molecule has 5 N–H and O–H groups in total. The molecule has 0 aliphatic heterocycles. The maximum atomic E-state index is 11.2. The number of carbonyl (C=O) groups is 3. The van der Waals surface area contributed by atoms with Crippen LogP contribution in [-0.4, -0.2) is 67.8 Å². The van der Waals surface area contributed by atoms with E-state index in [1.54, 1.807) is 11.6 Å². The van der Waals surface area contributed by atoms with Gasteiger partial charge in [-0.2, -0.15) is 26.3 Å². The molecule has 232 valence electrons. The monoisotopic (exact) mass is 600 g/mol. The first-order chi connectivity index (χ1) is 18.9. The molecule has 2 rings (SSSR count). The second kappa shape index (κ2) is 17.9. The molecule has 1 aromatic heterocycles. The Labute approximate surface area is 232 Å². The highest BCUT2D eigenvalue weighted by Crippen LogP contribution is 2.21. The molecule has 0 bridgehead atoms. The average Bonchev–Trinajstić information content (AvgIpc) is 3.21. The Morgan fingerprint density at radius 1 is 1.00 bits per heavy atom. The van der Waals surface area contributed by atoms with Gasteiger partial charge in [-0.05, 0) is 30.2 Å². The van der Waals surface area contributed by atoms with Gasteiger partial charge in [0.2, 0.25) is 0 Å². The summed E-state index contributed by atoms with van der Waals surface area (Å²) in [4.78, 5) is 33.8. The van der Waals surface area contributed by atoms with Crippen molar-refractivity contribution in [3.8, 4) is 0 Å². The van der Waals surface area contributed by atoms with E-state index in [0.29, 0.717) is 6.04 Å². The molecule has 0 saturated carbocycles. The first kappa shape index (κ1) is 37.3. The number of hydrogen-bond acceptors (Lipinski definition) is 6. The number of halogens is 6. The third-order valence-electron chi connectivity index (χ3n) is 5.02. The van der Waals surface area contributed by atoms with Crippen molar-refractivity contribution in [2.75, 3.05) is 6.54 Å². The molecule has 0 atom stereocenters. The van der Waals surface area contributed by atoms with Crippen LogP contribution < -0.4 is 10.8 Å². The summed E-state index contributed by atoms with van der Waals surface area (Å²) < 4.78 is 65.8. The molecular weight excluding hydrogens is 566 g/mol. The number of rotatable bonds is 11. The van der Waals surface area contributed by atoms with Crippen LogP contribution in [0.15, 0.2) is 24.3 Å². The highest BCUT2D eigenvalue weighted by Gasteiger charge is 2.38. The molecule has 16 heteroatoms. The molecule has 2 aromatic rings. The van der Waals surface area contributed by atoms with Gasteiger partial charge in [0.15, 0.2) is 0 Å². The van der Waals surface area contributed by atoms with Crippen LogP contribution in [0.1, 0.15) is 57.8 Å². The highest BCUT2D eigenvalue weighted by atomic mass is 19.4. The van der Waals surface area contributed by atoms with Crippen molar-refractivity contribution < 1.29 is 56.1 Å². The van der Waals surface area contributed by atoms with Gasteiger partial charge in [0.1, 0.15) is 5.82 Å². The summed E-state index contributed by atoms with van der Waals surface area (Å²) >= 11 is 0. The van der Waals surface area contributed by atoms with Gasteiger partial charge < -0.3 is 20.1 Å². The van der Waals surface area contributed by atoms with E-state index in [1.165, 1.54) is 25.3 Å². The number of aryl methyl sites for hydroxylation is 1.